The third kappa shape index (κ3) is 6.94. The molecule has 0 aromatic heterocycles. The Labute approximate surface area is 202 Å². The lowest BCUT2D eigenvalue weighted by Gasteiger charge is -2.32. The molecule has 1 unspecified atom stereocenters. The molecular weight excluding hydrogens is 482 g/mol. The minimum Gasteiger partial charge on any atom is -0.355 e. The zero-order chi connectivity index (χ0) is 21.5. The van der Waals surface area contributed by atoms with Crippen molar-refractivity contribution < 1.29 is 4.79 Å². The van der Waals surface area contributed by atoms with Gasteiger partial charge in [0, 0.05) is 41.2 Å². The fourth-order valence-electron chi connectivity index (χ4n) is 3.54. The summed E-state index contributed by atoms with van der Waals surface area (Å²) in [7, 11) is 0. The van der Waals surface area contributed by atoms with Crippen LogP contribution in [-0.2, 0) is 17.1 Å². The number of thioether (sulfide) groups is 1. The molecule has 0 bridgehead atoms. The molecule has 1 atom stereocenters. The van der Waals surface area contributed by atoms with Gasteiger partial charge in [-0.1, -0.05) is 58.5 Å². The van der Waals surface area contributed by atoms with Crippen LogP contribution in [0.3, 0.4) is 0 Å². The number of hydrogen-bond acceptors (Lipinski definition) is 3. The minimum absolute atomic E-state index is 0.0181. The Kier molecular flexibility index (Phi) is 9.49. The van der Waals surface area contributed by atoms with Gasteiger partial charge < -0.3 is 5.32 Å². The fraction of sp³-hybridized carbons (Fsp3) is 0.409. The van der Waals surface area contributed by atoms with E-state index in [1.165, 1.54) is 0 Å². The van der Waals surface area contributed by atoms with Crippen LogP contribution in [-0.4, -0.2) is 36.2 Å². The number of benzene rings is 2. The maximum absolute atomic E-state index is 12.6. The Hall–Kier alpha value is -0.620. The quantitative estimate of drug-likeness (QED) is 0.412. The van der Waals surface area contributed by atoms with Crippen molar-refractivity contribution in [3.8, 4) is 0 Å². The maximum atomic E-state index is 12.6. The van der Waals surface area contributed by atoms with Crippen LogP contribution in [0, 0.1) is 5.92 Å². The van der Waals surface area contributed by atoms with E-state index >= 15 is 0 Å². The molecule has 2 aromatic rings. The number of nitrogens with zero attached hydrogens (tertiary/aromatic N) is 1. The van der Waals surface area contributed by atoms with Crippen molar-refractivity contribution in [3.63, 3.8) is 0 Å². The molecule has 1 aliphatic rings. The number of amides is 1. The van der Waals surface area contributed by atoms with Crippen molar-refractivity contribution in [2.24, 2.45) is 5.92 Å². The SMILES string of the molecule is O=C(NCCSCc1c(Cl)cccc1Cl)C1CCCN(Cc2ccc(Cl)c(Cl)c2)C1. The molecule has 3 nitrogen and oxygen atoms in total. The second kappa shape index (κ2) is 11.8. The summed E-state index contributed by atoms with van der Waals surface area (Å²) in [5.41, 5.74) is 2.06. The minimum atomic E-state index is 0.0181. The summed E-state index contributed by atoms with van der Waals surface area (Å²) in [6.07, 6.45) is 1.94. The number of piperidine rings is 1. The fourth-order valence-corrected chi connectivity index (χ4v) is 5.46. The molecule has 0 saturated carbocycles. The summed E-state index contributed by atoms with van der Waals surface area (Å²) in [6, 6.07) is 11.2. The lowest BCUT2D eigenvalue weighted by molar-refractivity contribution is -0.126. The first-order chi connectivity index (χ1) is 14.4. The lowest BCUT2D eigenvalue weighted by atomic mass is 9.96. The summed E-state index contributed by atoms with van der Waals surface area (Å²) in [6.45, 7) is 3.15. The molecule has 3 rings (SSSR count). The zero-order valence-electron chi connectivity index (χ0n) is 16.5. The smallest absolute Gasteiger partial charge is 0.224 e. The van der Waals surface area contributed by atoms with Gasteiger partial charge in [0.25, 0.3) is 0 Å². The van der Waals surface area contributed by atoms with E-state index in [9.17, 15) is 4.79 Å². The van der Waals surface area contributed by atoms with Crippen molar-refractivity contribution in [1.82, 2.24) is 10.2 Å². The molecule has 1 heterocycles. The highest BCUT2D eigenvalue weighted by Gasteiger charge is 2.25. The zero-order valence-corrected chi connectivity index (χ0v) is 20.3. The van der Waals surface area contributed by atoms with Gasteiger partial charge in [-0.2, -0.15) is 11.8 Å². The topological polar surface area (TPSA) is 32.3 Å². The van der Waals surface area contributed by atoms with Gasteiger partial charge in [-0.05, 0) is 54.8 Å². The number of halogens is 4. The molecule has 1 amide bonds. The van der Waals surface area contributed by atoms with E-state index in [-0.39, 0.29) is 11.8 Å². The van der Waals surface area contributed by atoms with Gasteiger partial charge in [-0.3, -0.25) is 9.69 Å². The molecule has 1 saturated heterocycles. The van der Waals surface area contributed by atoms with Crippen molar-refractivity contribution in [2.45, 2.75) is 25.1 Å². The van der Waals surface area contributed by atoms with Gasteiger partial charge in [0.1, 0.15) is 0 Å². The average molecular weight is 506 g/mol. The predicted molar refractivity (Wildman–Crippen MR) is 130 cm³/mol. The summed E-state index contributed by atoms with van der Waals surface area (Å²) in [5, 5.41) is 5.57. The number of nitrogens with one attached hydrogen (secondary N) is 1. The molecule has 0 radical (unpaired) electrons. The third-order valence-electron chi connectivity index (χ3n) is 5.12. The Morgan fingerprint density at radius 3 is 2.57 bits per heavy atom. The predicted octanol–water partition coefficient (Wildman–Crippen LogP) is 6.56. The van der Waals surface area contributed by atoms with Crippen LogP contribution in [0.2, 0.25) is 20.1 Å². The number of carbonyl (C=O) groups excluding carboxylic acids is 1. The Morgan fingerprint density at radius 1 is 1.07 bits per heavy atom. The molecule has 0 aliphatic carbocycles. The summed E-state index contributed by atoms with van der Waals surface area (Å²) >= 11 is 26.2. The molecule has 2 aromatic carbocycles. The van der Waals surface area contributed by atoms with Crippen molar-refractivity contribution >= 4 is 64.1 Å². The van der Waals surface area contributed by atoms with E-state index in [1.54, 1.807) is 11.8 Å². The van der Waals surface area contributed by atoms with E-state index in [1.807, 2.05) is 36.4 Å². The van der Waals surface area contributed by atoms with Crippen LogP contribution >= 0.6 is 58.2 Å². The number of rotatable bonds is 8. The lowest BCUT2D eigenvalue weighted by Crippen LogP contribution is -2.43. The van der Waals surface area contributed by atoms with Crippen molar-refractivity contribution in [3.05, 3.63) is 67.6 Å². The van der Waals surface area contributed by atoms with Crippen molar-refractivity contribution in [2.75, 3.05) is 25.4 Å². The third-order valence-corrected chi connectivity index (χ3v) is 7.55. The van der Waals surface area contributed by atoms with Crippen molar-refractivity contribution in [1.29, 1.82) is 0 Å². The summed E-state index contributed by atoms with van der Waals surface area (Å²) in [4.78, 5) is 14.9. The Balaban J connectivity index is 1.40. The number of carbonyl (C=O) groups is 1. The molecule has 0 spiro atoms. The summed E-state index contributed by atoms with van der Waals surface area (Å²) < 4.78 is 0. The Bertz CT molecular complexity index is 860. The maximum Gasteiger partial charge on any atom is 0.224 e. The van der Waals surface area contributed by atoms with Crippen LogP contribution in [0.15, 0.2) is 36.4 Å². The molecule has 1 N–H and O–H groups in total. The van der Waals surface area contributed by atoms with Gasteiger partial charge in [0.15, 0.2) is 0 Å². The molecule has 1 fully saturated rings. The number of likely N-dealkylation sites (tertiary alicyclic amines) is 1. The van der Waals surface area contributed by atoms with Crippen LogP contribution < -0.4 is 5.32 Å². The number of hydrogen-bond donors (Lipinski definition) is 1. The first-order valence-electron chi connectivity index (χ1n) is 9.88. The highest BCUT2D eigenvalue weighted by atomic mass is 35.5. The van der Waals surface area contributed by atoms with E-state index in [0.717, 1.165) is 55.1 Å². The largest absolute Gasteiger partial charge is 0.355 e. The van der Waals surface area contributed by atoms with Crippen LogP contribution in [0.1, 0.15) is 24.0 Å². The van der Waals surface area contributed by atoms with Crippen LogP contribution in [0.25, 0.3) is 0 Å². The van der Waals surface area contributed by atoms with Gasteiger partial charge in [-0.25, -0.2) is 0 Å². The highest BCUT2D eigenvalue weighted by Crippen LogP contribution is 2.28. The van der Waals surface area contributed by atoms with Crippen LogP contribution in [0.5, 0.6) is 0 Å². The standard InChI is InChI=1S/C22H24Cl4N2OS/c23-18-4-1-5-19(24)17(18)14-30-10-8-27-22(29)16-3-2-9-28(13-16)12-15-6-7-20(25)21(26)11-15/h1,4-7,11,16H,2-3,8-10,12-14H2,(H,27,29). The second-order valence-corrected chi connectivity index (χ2v) is 10.1. The van der Waals surface area contributed by atoms with E-state index in [0.29, 0.717) is 26.6 Å². The van der Waals surface area contributed by atoms with Gasteiger partial charge in [0.2, 0.25) is 5.91 Å². The highest BCUT2D eigenvalue weighted by molar-refractivity contribution is 7.98. The normalized spacial score (nSPS) is 17.1. The van der Waals surface area contributed by atoms with Crippen LogP contribution in [0.4, 0.5) is 0 Å². The first kappa shape index (κ1) is 24.0. The molecule has 1 aliphatic heterocycles. The molecule has 162 valence electrons. The molecule has 30 heavy (non-hydrogen) atoms. The Morgan fingerprint density at radius 2 is 1.83 bits per heavy atom. The van der Waals surface area contributed by atoms with E-state index < -0.39 is 0 Å². The second-order valence-electron chi connectivity index (χ2n) is 7.37. The van der Waals surface area contributed by atoms with E-state index in [2.05, 4.69) is 10.2 Å². The monoisotopic (exact) mass is 504 g/mol. The van der Waals surface area contributed by atoms with Gasteiger partial charge in [0.05, 0.1) is 16.0 Å². The average Bonchev–Trinajstić information content (AvgIpc) is 2.72. The molecule has 8 heteroatoms. The first-order valence-corrected chi connectivity index (χ1v) is 12.6. The summed E-state index contributed by atoms with van der Waals surface area (Å²) in [5.74, 6) is 1.69. The van der Waals surface area contributed by atoms with Gasteiger partial charge >= 0.3 is 0 Å². The van der Waals surface area contributed by atoms with E-state index in [4.69, 9.17) is 46.4 Å². The van der Waals surface area contributed by atoms with Gasteiger partial charge in [-0.15, -0.1) is 0 Å². The molecular formula is C22H24Cl4N2OS.